The van der Waals surface area contributed by atoms with Gasteiger partial charge >= 0.3 is 0 Å². The molecule has 0 bridgehead atoms. The first-order valence-corrected chi connectivity index (χ1v) is 9.89. The smallest absolute Gasteiger partial charge is 0.203 e. The normalized spacial score (nSPS) is 22.4. The molecular formula is C10H18N6O2S3. The highest BCUT2D eigenvalue weighted by molar-refractivity contribution is 8.14. The van der Waals surface area contributed by atoms with Crippen LogP contribution >= 0.6 is 23.1 Å². The van der Waals surface area contributed by atoms with Crippen LogP contribution < -0.4 is 17.3 Å². The number of sulfone groups is 1. The fourth-order valence-corrected chi connectivity index (χ4v) is 5.05. The van der Waals surface area contributed by atoms with Crippen molar-refractivity contribution in [3.8, 4) is 0 Å². The number of nitrogens with zero attached hydrogens (tertiary/aromatic N) is 3. The zero-order valence-electron chi connectivity index (χ0n) is 11.3. The summed E-state index contributed by atoms with van der Waals surface area (Å²) in [6.45, 7) is 0. The first-order valence-electron chi connectivity index (χ1n) is 6.38. The molecule has 1 saturated carbocycles. The number of hydrogen-bond acceptors (Lipinski definition) is 9. The average Bonchev–Trinajstić information content (AvgIpc) is 3.04. The van der Waals surface area contributed by atoms with Crippen LogP contribution in [-0.4, -0.2) is 40.5 Å². The van der Waals surface area contributed by atoms with Crippen LogP contribution in [0.15, 0.2) is 5.10 Å². The van der Waals surface area contributed by atoms with Gasteiger partial charge in [0.25, 0.3) is 0 Å². The number of amidine groups is 1. The Morgan fingerprint density at radius 3 is 2.81 bits per heavy atom. The van der Waals surface area contributed by atoms with Gasteiger partial charge in [0.15, 0.2) is 15.0 Å². The number of nitrogen functional groups attached to an aromatic ring is 1. The van der Waals surface area contributed by atoms with Crippen LogP contribution in [0.5, 0.6) is 0 Å². The fraction of sp³-hybridized carbons (Fsp3) is 0.700. The molecule has 1 aliphatic rings. The first-order chi connectivity index (χ1) is 9.89. The summed E-state index contributed by atoms with van der Waals surface area (Å²) in [5.74, 6) is 5.70. The summed E-state index contributed by atoms with van der Waals surface area (Å²) in [5, 5.41) is 12.6. The van der Waals surface area contributed by atoms with Crippen molar-refractivity contribution in [3.63, 3.8) is 0 Å². The van der Waals surface area contributed by atoms with Gasteiger partial charge in [-0.15, -0.1) is 10.2 Å². The molecule has 8 nitrogen and oxygen atoms in total. The molecule has 1 fully saturated rings. The van der Waals surface area contributed by atoms with Gasteiger partial charge in [0.2, 0.25) is 5.13 Å². The Balaban J connectivity index is 1.70. The second kappa shape index (κ2) is 6.79. The van der Waals surface area contributed by atoms with Crippen molar-refractivity contribution in [2.24, 2.45) is 22.6 Å². The second-order valence-electron chi connectivity index (χ2n) is 4.84. The average molecular weight is 350 g/mol. The van der Waals surface area contributed by atoms with E-state index in [9.17, 15) is 8.42 Å². The lowest BCUT2D eigenvalue weighted by Crippen LogP contribution is -2.14. The minimum atomic E-state index is -3.08. The molecule has 2 unspecified atom stereocenters. The lowest BCUT2D eigenvalue weighted by molar-refractivity contribution is 0.589. The van der Waals surface area contributed by atoms with E-state index in [1.807, 2.05) is 0 Å². The van der Waals surface area contributed by atoms with Crippen molar-refractivity contribution >= 4 is 43.2 Å². The molecule has 1 aromatic heterocycles. The summed E-state index contributed by atoms with van der Waals surface area (Å²) in [6, 6.07) is 0. The number of aryl methyl sites for hydroxylation is 1. The van der Waals surface area contributed by atoms with E-state index in [-0.39, 0.29) is 11.5 Å². The molecule has 118 valence electrons. The zero-order valence-corrected chi connectivity index (χ0v) is 13.8. The van der Waals surface area contributed by atoms with Crippen LogP contribution in [0.3, 0.4) is 0 Å². The molecule has 2 atom stereocenters. The molecule has 2 rings (SSSR count). The third kappa shape index (κ3) is 5.32. The summed E-state index contributed by atoms with van der Waals surface area (Å²) in [7, 11) is -3.08. The molecule has 1 aliphatic carbocycles. The van der Waals surface area contributed by atoms with E-state index in [1.54, 1.807) is 0 Å². The molecule has 0 radical (unpaired) electrons. The zero-order chi connectivity index (χ0) is 15.5. The summed E-state index contributed by atoms with van der Waals surface area (Å²) >= 11 is 2.64. The maximum Gasteiger partial charge on any atom is 0.203 e. The van der Waals surface area contributed by atoms with Crippen LogP contribution in [0.2, 0.25) is 0 Å². The van der Waals surface area contributed by atoms with Gasteiger partial charge in [0.1, 0.15) is 5.01 Å². The summed E-state index contributed by atoms with van der Waals surface area (Å²) in [5.41, 5.74) is 11.0. The van der Waals surface area contributed by atoms with Crippen molar-refractivity contribution in [1.29, 1.82) is 0 Å². The van der Waals surface area contributed by atoms with Crippen LogP contribution in [0.25, 0.3) is 0 Å². The second-order valence-corrected chi connectivity index (χ2v) is 9.50. The Labute approximate surface area is 131 Å². The molecule has 11 heteroatoms. The van der Waals surface area contributed by atoms with Crippen LogP contribution in [-0.2, 0) is 16.3 Å². The molecular weight excluding hydrogens is 332 g/mol. The summed E-state index contributed by atoms with van der Waals surface area (Å²) < 4.78 is 24.0. The van der Waals surface area contributed by atoms with Crippen molar-refractivity contribution in [2.45, 2.75) is 24.5 Å². The molecule has 1 aromatic rings. The van der Waals surface area contributed by atoms with Crippen molar-refractivity contribution in [3.05, 3.63) is 5.01 Å². The van der Waals surface area contributed by atoms with Gasteiger partial charge in [-0.2, -0.15) is 5.10 Å². The lowest BCUT2D eigenvalue weighted by atomic mass is 10.3. The maximum absolute atomic E-state index is 12.0. The SMILES string of the molecule is N/N=C(/N)SC1CC1CCS(=O)(=O)CCc1nnc(N)s1. The molecule has 1 heterocycles. The Kier molecular flexibility index (Phi) is 5.27. The van der Waals surface area contributed by atoms with E-state index in [4.69, 9.17) is 17.3 Å². The predicted molar refractivity (Wildman–Crippen MR) is 86.6 cm³/mol. The standard InChI is InChI=1S/C10H18N6O2S3/c11-9(14-13)19-7-5-6(7)1-3-21(17,18)4-2-8-15-16-10(12)20-8/h6-7H,1-5,13H2,(H2,11,14)(H2,12,16). The molecule has 6 N–H and O–H groups in total. The van der Waals surface area contributed by atoms with Gasteiger partial charge in [0.05, 0.1) is 11.5 Å². The molecule has 0 aliphatic heterocycles. The number of hydrogen-bond donors (Lipinski definition) is 3. The number of anilines is 1. The molecule has 0 amide bonds. The number of hydrazone groups is 1. The van der Waals surface area contributed by atoms with Crippen LogP contribution in [0.1, 0.15) is 17.8 Å². The Morgan fingerprint density at radius 1 is 1.43 bits per heavy atom. The highest BCUT2D eigenvalue weighted by atomic mass is 32.2. The van der Waals surface area contributed by atoms with Gasteiger partial charge in [-0.1, -0.05) is 23.1 Å². The maximum atomic E-state index is 12.0. The Morgan fingerprint density at radius 2 is 2.19 bits per heavy atom. The van der Waals surface area contributed by atoms with E-state index in [0.717, 1.165) is 6.42 Å². The topological polar surface area (TPSA) is 150 Å². The van der Waals surface area contributed by atoms with E-state index in [1.165, 1.54) is 23.1 Å². The van der Waals surface area contributed by atoms with E-state index in [2.05, 4.69) is 15.3 Å². The fourth-order valence-electron chi connectivity index (χ4n) is 1.90. The molecule has 0 aromatic carbocycles. The highest BCUT2D eigenvalue weighted by Crippen LogP contribution is 2.44. The van der Waals surface area contributed by atoms with Crippen molar-refractivity contribution in [1.82, 2.24) is 10.2 Å². The van der Waals surface area contributed by atoms with Crippen LogP contribution in [0.4, 0.5) is 5.13 Å². The highest BCUT2D eigenvalue weighted by Gasteiger charge is 2.38. The van der Waals surface area contributed by atoms with Gasteiger partial charge in [-0.25, -0.2) is 8.42 Å². The minimum absolute atomic E-state index is 0.0819. The summed E-state index contributed by atoms with van der Waals surface area (Å²) in [6.07, 6.45) is 1.98. The van der Waals surface area contributed by atoms with E-state index in [0.29, 0.717) is 39.3 Å². The van der Waals surface area contributed by atoms with Gasteiger partial charge in [-0.3, -0.25) is 0 Å². The number of thioether (sulfide) groups is 1. The molecule has 0 saturated heterocycles. The lowest BCUT2D eigenvalue weighted by Gasteiger charge is -2.03. The van der Waals surface area contributed by atoms with Gasteiger partial charge < -0.3 is 17.3 Å². The molecule has 21 heavy (non-hydrogen) atoms. The quantitative estimate of drug-likeness (QED) is 0.264. The molecule has 0 spiro atoms. The van der Waals surface area contributed by atoms with E-state index < -0.39 is 9.84 Å². The number of nitrogens with two attached hydrogens (primary N) is 3. The number of aromatic nitrogens is 2. The Bertz CT molecular complexity index is 614. The van der Waals surface area contributed by atoms with Gasteiger partial charge in [-0.05, 0) is 18.8 Å². The van der Waals surface area contributed by atoms with Crippen molar-refractivity contribution in [2.75, 3.05) is 17.2 Å². The largest absolute Gasteiger partial charge is 0.377 e. The van der Waals surface area contributed by atoms with Crippen LogP contribution in [0, 0.1) is 5.92 Å². The third-order valence-corrected chi connectivity index (χ3v) is 6.89. The van der Waals surface area contributed by atoms with Crippen molar-refractivity contribution < 1.29 is 8.42 Å². The minimum Gasteiger partial charge on any atom is -0.377 e. The third-order valence-electron chi connectivity index (χ3n) is 3.17. The van der Waals surface area contributed by atoms with E-state index >= 15 is 0 Å². The first kappa shape index (κ1) is 16.3. The predicted octanol–water partition coefficient (Wildman–Crippen LogP) is -0.222. The summed E-state index contributed by atoms with van der Waals surface area (Å²) in [4.78, 5) is 0. The van der Waals surface area contributed by atoms with Gasteiger partial charge in [0, 0.05) is 11.7 Å². The Hall–Kier alpha value is -1.07. The number of rotatable bonds is 7. The monoisotopic (exact) mass is 350 g/mol.